The van der Waals surface area contributed by atoms with Crippen molar-refractivity contribution < 1.29 is 9.21 Å². The minimum absolute atomic E-state index is 0.0384. The second-order valence-corrected chi connectivity index (χ2v) is 4.88. The van der Waals surface area contributed by atoms with E-state index in [4.69, 9.17) is 4.42 Å². The van der Waals surface area contributed by atoms with Crippen LogP contribution in [0.4, 0.5) is 0 Å². The first kappa shape index (κ1) is 10.2. The molecule has 3 nitrogen and oxygen atoms in total. The molecular weight excluding hydrogens is 314 g/mol. The van der Waals surface area contributed by atoms with Crippen molar-refractivity contribution >= 4 is 37.8 Å². The predicted molar refractivity (Wildman–Crippen MR) is 59.6 cm³/mol. The van der Waals surface area contributed by atoms with E-state index in [-0.39, 0.29) is 11.4 Å². The summed E-state index contributed by atoms with van der Waals surface area (Å²) in [6.45, 7) is 0. The molecule has 1 N–H and O–H groups in total. The monoisotopic (exact) mass is 321 g/mol. The third-order valence-electron chi connectivity index (χ3n) is 2.31. The van der Waals surface area contributed by atoms with Crippen LogP contribution in [0.5, 0.6) is 0 Å². The average Bonchev–Trinajstić information content (AvgIpc) is 2.80. The quantitative estimate of drug-likeness (QED) is 0.869. The number of furan rings is 1. The predicted octanol–water partition coefficient (Wildman–Crippen LogP) is 2.70. The van der Waals surface area contributed by atoms with E-state index in [1.54, 1.807) is 6.07 Å². The number of nitrogens with one attached hydrogen (secondary N) is 1. The lowest BCUT2D eigenvalue weighted by Crippen LogP contribution is -2.38. The molecule has 0 saturated heterocycles. The fourth-order valence-corrected chi connectivity index (χ4v) is 2.28. The number of carbonyl (C=O) groups excluding carboxylic acids is 1. The van der Waals surface area contributed by atoms with Crippen molar-refractivity contribution in [3.63, 3.8) is 0 Å². The largest absolute Gasteiger partial charge is 0.458 e. The van der Waals surface area contributed by atoms with Crippen molar-refractivity contribution in [1.82, 2.24) is 5.32 Å². The summed E-state index contributed by atoms with van der Waals surface area (Å²) in [5.41, 5.74) is -0.0384. The summed E-state index contributed by atoms with van der Waals surface area (Å²) in [4.78, 5) is 11.7. The van der Waals surface area contributed by atoms with Crippen molar-refractivity contribution in [3.8, 4) is 0 Å². The van der Waals surface area contributed by atoms with E-state index in [0.29, 0.717) is 10.2 Å². The Kier molecular flexibility index (Phi) is 2.70. The van der Waals surface area contributed by atoms with Gasteiger partial charge in [-0.25, -0.2) is 0 Å². The summed E-state index contributed by atoms with van der Waals surface area (Å²) in [6.07, 6.45) is 3.55. The van der Waals surface area contributed by atoms with Gasteiger partial charge in [0.2, 0.25) is 5.76 Å². The lowest BCUT2D eigenvalue weighted by molar-refractivity contribution is 0.0907. The zero-order valence-corrected chi connectivity index (χ0v) is 10.5. The Morgan fingerprint density at radius 3 is 2.79 bits per heavy atom. The van der Waals surface area contributed by atoms with Gasteiger partial charge in [0, 0.05) is 5.33 Å². The minimum atomic E-state index is -0.154. The SMILES string of the molecule is O=C(NC1(CBr)CC1)c1occc1Br. The standard InChI is InChI=1S/C9H9Br2NO2/c10-5-9(2-3-9)12-8(13)7-6(11)1-4-14-7/h1,4H,2-3,5H2,(H,12,13). The van der Waals surface area contributed by atoms with Crippen LogP contribution in [0.1, 0.15) is 23.4 Å². The molecule has 0 radical (unpaired) electrons. The van der Waals surface area contributed by atoms with Crippen LogP contribution in [-0.4, -0.2) is 16.8 Å². The van der Waals surface area contributed by atoms with Gasteiger partial charge < -0.3 is 9.73 Å². The van der Waals surface area contributed by atoms with Crippen LogP contribution in [0, 0.1) is 0 Å². The van der Waals surface area contributed by atoms with E-state index in [0.717, 1.165) is 18.2 Å². The number of halogens is 2. The first-order valence-electron chi connectivity index (χ1n) is 4.28. The van der Waals surface area contributed by atoms with Gasteiger partial charge in [-0.2, -0.15) is 0 Å². The Morgan fingerprint density at radius 1 is 1.64 bits per heavy atom. The average molecular weight is 323 g/mol. The lowest BCUT2D eigenvalue weighted by atomic mass is 10.3. The lowest BCUT2D eigenvalue weighted by Gasteiger charge is -2.12. The van der Waals surface area contributed by atoms with Crippen LogP contribution in [0.25, 0.3) is 0 Å². The van der Waals surface area contributed by atoms with Crippen molar-refractivity contribution in [1.29, 1.82) is 0 Å². The minimum Gasteiger partial charge on any atom is -0.458 e. The van der Waals surface area contributed by atoms with Gasteiger partial charge in [0.25, 0.3) is 5.91 Å². The van der Waals surface area contributed by atoms with E-state index >= 15 is 0 Å². The number of carbonyl (C=O) groups is 1. The summed E-state index contributed by atoms with van der Waals surface area (Å²) in [5.74, 6) is 0.191. The van der Waals surface area contributed by atoms with Gasteiger partial charge in [0.1, 0.15) is 0 Å². The number of amides is 1. The zero-order valence-electron chi connectivity index (χ0n) is 7.35. The molecule has 1 saturated carbocycles. The van der Waals surface area contributed by atoms with Gasteiger partial charge in [-0.15, -0.1) is 0 Å². The molecule has 0 bridgehead atoms. The molecule has 1 amide bonds. The van der Waals surface area contributed by atoms with Crippen LogP contribution in [0.15, 0.2) is 21.2 Å². The molecule has 0 aliphatic heterocycles. The Hall–Kier alpha value is -0.290. The third-order valence-corrected chi connectivity index (χ3v) is 4.01. The maximum absolute atomic E-state index is 11.7. The molecule has 5 heteroatoms. The van der Waals surface area contributed by atoms with Crippen molar-refractivity contribution in [3.05, 3.63) is 22.6 Å². The smallest absolute Gasteiger partial charge is 0.288 e. The molecular formula is C9H9Br2NO2. The molecule has 1 aromatic heterocycles. The van der Waals surface area contributed by atoms with Crippen LogP contribution >= 0.6 is 31.9 Å². The highest BCUT2D eigenvalue weighted by atomic mass is 79.9. The van der Waals surface area contributed by atoms with E-state index in [1.165, 1.54) is 6.26 Å². The number of alkyl halides is 1. The highest BCUT2D eigenvalue weighted by Gasteiger charge is 2.43. The molecule has 76 valence electrons. The molecule has 2 rings (SSSR count). The molecule has 1 aliphatic rings. The molecule has 1 fully saturated rings. The Labute approximate surface area is 98.5 Å². The third kappa shape index (κ3) is 1.88. The van der Waals surface area contributed by atoms with Gasteiger partial charge in [-0.3, -0.25) is 4.79 Å². The zero-order chi connectivity index (χ0) is 10.2. The summed E-state index contributed by atoms with van der Waals surface area (Å²) < 4.78 is 5.76. The summed E-state index contributed by atoms with van der Waals surface area (Å²) in [6, 6.07) is 1.71. The van der Waals surface area contributed by atoms with Gasteiger partial charge in [0.15, 0.2) is 0 Å². The fourth-order valence-electron chi connectivity index (χ4n) is 1.20. The first-order valence-corrected chi connectivity index (χ1v) is 6.20. The second-order valence-electron chi connectivity index (χ2n) is 3.47. The Bertz CT molecular complexity index is 357. The van der Waals surface area contributed by atoms with Gasteiger partial charge in [-0.1, -0.05) is 15.9 Å². The van der Waals surface area contributed by atoms with Crippen molar-refractivity contribution in [2.45, 2.75) is 18.4 Å². The van der Waals surface area contributed by atoms with Crippen LogP contribution in [0.3, 0.4) is 0 Å². The van der Waals surface area contributed by atoms with E-state index in [1.807, 2.05) is 0 Å². The molecule has 0 aromatic carbocycles. The van der Waals surface area contributed by atoms with Gasteiger partial charge in [0.05, 0.1) is 16.3 Å². The number of rotatable bonds is 3. The normalized spacial score (nSPS) is 17.9. The summed E-state index contributed by atoms with van der Waals surface area (Å²) in [5, 5.41) is 3.75. The van der Waals surface area contributed by atoms with Crippen molar-refractivity contribution in [2.24, 2.45) is 0 Å². The molecule has 0 atom stereocenters. The fraction of sp³-hybridized carbons (Fsp3) is 0.444. The maximum atomic E-state index is 11.7. The van der Waals surface area contributed by atoms with E-state index in [2.05, 4.69) is 37.2 Å². The highest BCUT2D eigenvalue weighted by molar-refractivity contribution is 9.10. The second kappa shape index (κ2) is 3.70. The molecule has 1 aliphatic carbocycles. The maximum Gasteiger partial charge on any atom is 0.288 e. The number of hydrogen-bond acceptors (Lipinski definition) is 2. The van der Waals surface area contributed by atoms with E-state index < -0.39 is 0 Å². The Balaban J connectivity index is 2.07. The summed E-state index contributed by atoms with van der Waals surface area (Å²) >= 11 is 6.64. The Morgan fingerprint density at radius 2 is 2.36 bits per heavy atom. The molecule has 1 aromatic rings. The molecule has 14 heavy (non-hydrogen) atoms. The number of hydrogen-bond donors (Lipinski definition) is 1. The van der Waals surface area contributed by atoms with Gasteiger partial charge >= 0.3 is 0 Å². The summed E-state index contributed by atoms with van der Waals surface area (Å²) in [7, 11) is 0. The molecule has 0 spiro atoms. The molecule has 1 heterocycles. The van der Waals surface area contributed by atoms with Crippen molar-refractivity contribution in [2.75, 3.05) is 5.33 Å². The first-order chi connectivity index (χ1) is 6.67. The van der Waals surface area contributed by atoms with Gasteiger partial charge in [-0.05, 0) is 34.8 Å². The topological polar surface area (TPSA) is 42.2 Å². The van der Waals surface area contributed by atoms with Crippen LogP contribution in [-0.2, 0) is 0 Å². The molecule has 0 unspecified atom stereocenters. The van der Waals surface area contributed by atoms with E-state index in [9.17, 15) is 4.79 Å². The van der Waals surface area contributed by atoms with Crippen LogP contribution < -0.4 is 5.32 Å². The highest BCUT2D eigenvalue weighted by Crippen LogP contribution is 2.37. The van der Waals surface area contributed by atoms with Crippen LogP contribution in [0.2, 0.25) is 0 Å².